The summed E-state index contributed by atoms with van der Waals surface area (Å²) in [6, 6.07) is 5.95. The van der Waals surface area contributed by atoms with Crippen molar-refractivity contribution in [2.75, 3.05) is 18.0 Å². The average molecular weight is 236 g/mol. The lowest BCUT2D eigenvalue weighted by Gasteiger charge is -2.26. The highest BCUT2D eigenvalue weighted by Gasteiger charge is 2.16. The monoisotopic (exact) mass is 235 g/mol. The number of H-pyrrole nitrogens is 1. The molecule has 0 bridgehead atoms. The summed E-state index contributed by atoms with van der Waals surface area (Å²) < 4.78 is 0. The van der Waals surface area contributed by atoms with Crippen LogP contribution >= 0.6 is 11.6 Å². The van der Waals surface area contributed by atoms with Crippen LogP contribution in [0.4, 0.5) is 5.82 Å². The molecule has 0 radical (unpaired) electrons. The summed E-state index contributed by atoms with van der Waals surface area (Å²) in [7, 11) is 0. The standard InChI is InChI=1S/C12H14ClN3/c13-10-6-4-5-9-11(10)14-15-12(9)16-7-2-1-3-8-16/h4-6H,1-3,7-8H2,(H,14,15). The van der Waals surface area contributed by atoms with Gasteiger partial charge in [0.05, 0.1) is 10.5 Å². The maximum Gasteiger partial charge on any atom is 0.158 e. The molecule has 1 aliphatic rings. The first-order chi connectivity index (χ1) is 7.86. The van der Waals surface area contributed by atoms with E-state index in [-0.39, 0.29) is 0 Å². The first kappa shape index (κ1) is 9.97. The number of hydrogen-bond acceptors (Lipinski definition) is 2. The van der Waals surface area contributed by atoms with Crippen molar-refractivity contribution in [1.29, 1.82) is 0 Å². The maximum absolute atomic E-state index is 6.12. The van der Waals surface area contributed by atoms with E-state index >= 15 is 0 Å². The maximum atomic E-state index is 6.12. The Morgan fingerprint density at radius 3 is 2.81 bits per heavy atom. The highest BCUT2D eigenvalue weighted by Crippen LogP contribution is 2.30. The third kappa shape index (κ3) is 1.55. The quantitative estimate of drug-likeness (QED) is 0.823. The normalized spacial score (nSPS) is 16.9. The van der Waals surface area contributed by atoms with Crippen LogP contribution in [0.2, 0.25) is 5.02 Å². The number of para-hydroxylation sites is 1. The van der Waals surface area contributed by atoms with Gasteiger partial charge in [-0.2, -0.15) is 5.10 Å². The number of anilines is 1. The third-order valence-corrected chi connectivity index (χ3v) is 3.50. The Hall–Kier alpha value is -1.22. The van der Waals surface area contributed by atoms with E-state index in [1.807, 2.05) is 12.1 Å². The Balaban J connectivity index is 2.06. The third-order valence-electron chi connectivity index (χ3n) is 3.18. The highest BCUT2D eigenvalue weighted by molar-refractivity contribution is 6.35. The van der Waals surface area contributed by atoms with E-state index in [1.165, 1.54) is 19.3 Å². The van der Waals surface area contributed by atoms with Crippen molar-refractivity contribution in [3.8, 4) is 0 Å². The van der Waals surface area contributed by atoms with E-state index in [1.54, 1.807) is 0 Å². The minimum Gasteiger partial charge on any atom is -0.355 e. The second-order valence-electron chi connectivity index (χ2n) is 4.26. The summed E-state index contributed by atoms with van der Waals surface area (Å²) in [5, 5.41) is 9.30. The van der Waals surface area contributed by atoms with Crippen LogP contribution in [0, 0.1) is 0 Å². The van der Waals surface area contributed by atoms with E-state index in [0.717, 1.165) is 34.8 Å². The van der Waals surface area contributed by atoms with Crippen molar-refractivity contribution in [3.63, 3.8) is 0 Å². The van der Waals surface area contributed by atoms with Gasteiger partial charge in [-0.3, -0.25) is 5.10 Å². The SMILES string of the molecule is Clc1cccc2c(N3CCCCC3)n[nH]c12. The van der Waals surface area contributed by atoms with Crippen molar-refractivity contribution < 1.29 is 0 Å². The van der Waals surface area contributed by atoms with Crippen molar-refractivity contribution in [3.05, 3.63) is 23.2 Å². The topological polar surface area (TPSA) is 31.9 Å². The van der Waals surface area contributed by atoms with E-state index in [4.69, 9.17) is 11.6 Å². The molecule has 0 saturated carbocycles. The van der Waals surface area contributed by atoms with Crippen LogP contribution in [0.15, 0.2) is 18.2 Å². The number of nitrogens with one attached hydrogen (secondary N) is 1. The van der Waals surface area contributed by atoms with Crippen LogP contribution in [0.1, 0.15) is 19.3 Å². The minimum atomic E-state index is 0.744. The number of rotatable bonds is 1. The number of halogens is 1. The number of aromatic nitrogens is 2. The van der Waals surface area contributed by atoms with Crippen LogP contribution in [-0.4, -0.2) is 23.3 Å². The Labute approximate surface area is 99.4 Å². The number of hydrogen-bond donors (Lipinski definition) is 1. The molecule has 0 atom stereocenters. The Bertz CT molecular complexity index is 500. The Morgan fingerprint density at radius 2 is 2.00 bits per heavy atom. The van der Waals surface area contributed by atoms with Crippen LogP contribution in [0.3, 0.4) is 0 Å². The lowest BCUT2D eigenvalue weighted by atomic mass is 10.1. The molecule has 1 saturated heterocycles. The first-order valence-corrected chi connectivity index (χ1v) is 6.11. The second kappa shape index (κ2) is 3.98. The molecule has 1 aromatic carbocycles. The van der Waals surface area contributed by atoms with Gasteiger partial charge in [0.1, 0.15) is 0 Å². The Morgan fingerprint density at radius 1 is 1.19 bits per heavy atom. The molecule has 84 valence electrons. The molecule has 3 rings (SSSR count). The van der Waals surface area contributed by atoms with E-state index in [0.29, 0.717) is 0 Å². The molecular weight excluding hydrogens is 222 g/mol. The molecule has 1 aromatic heterocycles. The largest absolute Gasteiger partial charge is 0.355 e. The first-order valence-electron chi connectivity index (χ1n) is 5.74. The molecule has 3 nitrogen and oxygen atoms in total. The van der Waals surface area contributed by atoms with E-state index < -0.39 is 0 Å². The smallest absolute Gasteiger partial charge is 0.158 e. The van der Waals surface area contributed by atoms with Gasteiger partial charge in [-0.1, -0.05) is 17.7 Å². The summed E-state index contributed by atoms with van der Waals surface area (Å²) >= 11 is 6.12. The molecule has 2 heterocycles. The van der Waals surface area contributed by atoms with Gasteiger partial charge >= 0.3 is 0 Å². The van der Waals surface area contributed by atoms with Crippen molar-refractivity contribution in [2.45, 2.75) is 19.3 Å². The van der Waals surface area contributed by atoms with E-state index in [2.05, 4.69) is 21.2 Å². The van der Waals surface area contributed by atoms with Gasteiger partial charge < -0.3 is 4.90 Å². The number of aromatic amines is 1. The van der Waals surface area contributed by atoms with Crippen LogP contribution < -0.4 is 4.90 Å². The van der Waals surface area contributed by atoms with Crippen LogP contribution in [0.25, 0.3) is 10.9 Å². The fourth-order valence-corrected chi connectivity index (χ4v) is 2.56. The fourth-order valence-electron chi connectivity index (χ4n) is 2.34. The summed E-state index contributed by atoms with van der Waals surface area (Å²) in [5.74, 6) is 1.05. The van der Waals surface area contributed by atoms with Crippen molar-refractivity contribution in [2.24, 2.45) is 0 Å². The van der Waals surface area contributed by atoms with Crippen molar-refractivity contribution >= 4 is 28.3 Å². The molecule has 1 fully saturated rings. The van der Waals surface area contributed by atoms with Gasteiger partial charge in [0.2, 0.25) is 0 Å². The molecule has 0 amide bonds. The fraction of sp³-hybridized carbons (Fsp3) is 0.417. The summed E-state index contributed by atoms with van der Waals surface area (Å²) in [4.78, 5) is 2.35. The molecule has 1 N–H and O–H groups in total. The molecule has 1 aliphatic heterocycles. The molecular formula is C12H14ClN3. The lowest BCUT2D eigenvalue weighted by Crippen LogP contribution is -2.29. The summed E-state index contributed by atoms with van der Waals surface area (Å²) in [6.45, 7) is 2.21. The van der Waals surface area contributed by atoms with E-state index in [9.17, 15) is 0 Å². The molecule has 0 unspecified atom stereocenters. The van der Waals surface area contributed by atoms with Crippen molar-refractivity contribution in [1.82, 2.24) is 10.2 Å². The lowest BCUT2D eigenvalue weighted by molar-refractivity contribution is 0.574. The summed E-state index contributed by atoms with van der Waals surface area (Å²) in [6.07, 6.45) is 3.85. The van der Waals surface area contributed by atoms with Crippen LogP contribution in [-0.2, 0) is 0 Å². The zero-order valence-electron chi connectivity index (χ0n) is 9.04. The predicted octanol–water partition coefficient (Wildman–Crippen LogP) is 3.21. The van der Waals surface area contributed by atoms with Gasteiger partial charge in [0.15, 0.2) is 5.82 Å². The highest BCUT2D eigenvalue weighted by atomic mass is 35.5. The molecule has 16 heavy (non-hydrogen) atoms. The zero-order chi connectivity index (χ0) is 11.0. The number of fused-ring (bicyclic) bond motifs is 1. The van der Waals surface area contributed by atoms with Gasteiger partial charge in [-0.25, -0.2) is 0 Å². The summed E-state index contributed by atoms with van der Waals surface area (Å²) in [5.41, 5.74) is 0.949. The number of piperidine rings is 1. The van der Waals surface area contributed by atoms with Gasteiger partial charge in [0.25, 0.3) is 0 Å². The predicted molar refractivity (Wildman–Crippen MR) is 67.2 cm³/mol. The van der Waals surface area contributed by atoms with Gasteiger partial charge in [-0.15, -0.1) is 0 Å². The number of benzene rings is 1. The zero-order valence-corrected chi connectivity index (χ0v) is 9.80. The van der Waals surface area contributed by atoms with Gasteiger partial charge in [0, 0.05) is 18.5 Å². The van der Waals surface area contributed by atoms with Crippen LogP contribution in [0.5, 0.6) is 0 Å². The molecule has 2 aromatic rings. The number of nitrogens with zero attached hydrogens (tertiary/aromatic N) is 2. The molecule has 4 heteroatoms. The minimum absolute atomic E-state index is 0.744. The average Bonchev–Trinajstić information content (AvgIpc) is 2.75. The molecule has 0 aliphatic carbocycles. The Kier molecular flexibility index (Phi) is 2.48. The molecule has 0 spiro atoms. The second-order valence-corrected chi connectivity index (χ2v) is 4.66. The van der Waals surface area contributed by atoms with Gasteiger partial charge in [-0.05, 0) is 31.4 Å².